The summed E-state index contributed by atoms with van der Waals surface area (Å²) in [5, 5.41) is 11.5. The van der Waals surface area contributed by atoms with E-state index in [1.807, 2.05) is 54.7 Å². The number of fused-ring (bicyclic) bond motifs is 1. The summed E-state index contributed by atoms with van der Waals surface area (Å²) in [5.74, 6) is -0.0995. The summed E-state index contributed by atoms with van der Waals surface area (Å²) in [6, 6.07) is 22.1. The Morgan fingerprint density at radius 1 is 1.00 bits per heavy atom. The van der Waals surface area contributed by atoms with Crippen molar-refractivity contribution >= 4 is 22.5 Å². The Morgan fingerprint density at radius 2 is 1.77 bits per heavy atom. The number of hydrogen-bond donors (Lipinski definition) is 2. The highest BCUT2D eigenvalue weighted by Crippen LogP contribution is 2.27. The topological polar surface area (TPSA) is 73.9 Å². The molecule has 0 saturated carbocycles. The lowest BCUT2D eigenvalue weighted by atomic mass is 10.0. The Bertz CT molecular complexity index is 1160. The minimum Gasteiger partial charge on any atom is -0.371 e. The number of carbonyl (C=O) groups is 1. The number of benzene rings is 2. The summed E-state index contributed by atoms with van der Waals surface area (Å²) in [6.45, 7) is 1.80. The molecule has 0 unspecified atom stereocenters. The van der Waals surface area contributed by atoms with Gasteiger partial charge in [0, 0.05) is 42.0 Å². The van der Waals surface area contributed by atoms with Gasteiger partial charge in [-0.05, 0) is 31.0 Å². The first-order chi connectivity index (χ1) is 14.8. The molecule has 0 radical (unpaired) electrons. The summed E-state index contributed by atoms with van der Waals surface area (Å²) >= 11 is 0. The zero-order chi connectivity index (χ0) is 20.3. The third-order valence-corrected chi connectivity index (χ3v) is 5.69. The Balaban J connectivity index is 1.22. The number of carbonyl (C=O) groups excluding carboxylic acids is 1. The van der Waals surface area contributed by atoms with E-state index in [0.29, 0.717) is 5.69 Å². The molecule has 1 amide bonds. The number of para-hydroxylation sites is 1. The molecule has 3 heterocycles. The summed E-state index contributed by atoms with van der Waals surface area (Å²) < 4.78 is 0. The van der Waals surface area contributed by atoms with E-state index in [9.17, 15) is 4.79 Å². The maximum absolute atomic E-state index is 12.7. The molecular formula is C24H23N5O. The quantitative estimate of drug-likeness (QED) is 0.545. The molecular weight excluding hydrogens is 374 g/mol. The lowest BCUT2D eigenvalue weighted by Gasteiger charge is -2.34. The third kappa shape index (κ3) is 3.64. The second-order valence-corrected chi connectivity index (χ2v) is 7.61. The van der Waals surface area contributed by atoms with Gasteiger partial charge in [0.05, 0.1) is 11.2 Å². The molecule has 2 N–H and O–H groups in total. The highest BCUT2D eigenvalue weighted by Gasteiger charge is 2.23. The van der Waals surface area contributed by atoms with Crippen LogP contribution in [0.4, 0.5) is 5.69 Å². The number of aromatic amines is 1. The van der Waals surface area contributed by atoms with Crippen LogP contribution in [-0.4, -0.2) is 40.2 Å². The smallest absolute Gasteiger partial charge is 0.269 e. The SMILES string of the molecule is O=C(NC1CCN(c2ccnc3ccccc23)CC1)c1cc(-c2ccccc2)n[nH]1. The molecule has 4 aromatic rings. The normalized spacial score (nSPS) is 14.7. The van der Waals surface area contributed by atoms with E-state index in [1.165, 1.54) is 11.1 Å². The van der Waals surface area contributed by atoms with Gasteiger partial charge in [-0.15, -0.1) is 0 Å². The number of nitrogens with zero attached hydrogens (tertiary/aromatic N) is 3. The first kappa shape index (κ1) is 18.4. The van der Waals surface area contributed by atoms with Crippen LogP contribution in [0.3, 0.4) is 0 Å². The van der Waals surface area contributed by atoms with Crippen molar-refractivity contribution in [3.63, 3.8) is 0 Å². The molecule has 0 spiro atoms. The maximum atomic E-state index is 12.7. The Kier molecular flexibility index (Phi) is 4.89. The number of pyridine rings is 1. The van der Waals surface area contributed by atoms with Crippen molar-refractivity contribution in [1.82, 2.24) is 20.5 Å². The van der Waals surface area contributed by atoms with Crippen LogP contribution < -0.4 is 10.2 Å². The summed E-state index contributed by atoms with van der Waals surface area (Å²) in [6.07, 6.45) is 3.68. The van der Waals surface area contributed by atoms with Gasteiger partial charge in [-0.1, -0.05) is 48.5 Å². The van der Waals surface area contributed by atoms with Gasteiger partial charge in [-0.25, -0.2) is 0 Å². The molecule has 1 aliphatic rings. The molecule has 1 saturated heterocycles. The highest BCUT2D eigenvalue weighted by molar-refractivity contribution is 5.94. The predicted molar refractivity (Wildman–Crippen MR) is 118 cm³/mol. The fourth-order valence-corrected chi connectivity index (χ4v) is 4.08. The first-order valence-corrected chi connectivity index (χ1v) is 10.3. The van der Waals surface area contributed by atoms with E-state index in [-0.39, 0.29) is 11.9 Å². The second kappa shape index (κ2) is 7.99. The minimum atomic E-state index is -0.0995. The fraction of sp³-hybridized carbons (Fsp3) is 0.208. The molecule has 6 nitrogen and oxygen atoms in total. The number of piperidine rings is 1. The van der Waals surface area contributed by atoms with Gasteiger partial charge in [-0.3, -0.25) is 14.9 Å². The predicted octanol–water partition coefficient (Wildman–Crippen LogP) is 4.02. The van der Waals surface area contributed by atoms with Gasteiger partial charge in [0.1, 0.15) is 5.69 Å². The lowest BCUT2D eigenvalue weighted by molar-refractivity contribution is 0.0926. The molecule has 0 bridgehead atoms. The number of rotatable bonds is 4. The van der Waals surface area contributed by atoms with Crippen LogP contribution >= 0.6 is 0 Å². The van der Waals surface area contributed by atoms with E-state index in [2.05, 4.69) is 43.6 Å². The number of amides is 1. The zero-order valence-electron chi connectivity index (χ0n) is 16.6. The van der Waals surface area contributed by atoms with Crippen LogP contribution in [0, 0.1) is 0 Å². The number of anilines is 1. The molecule has 5 rings (SSSR count). The van der Waals surface area contributed by atoms with Crippen molar-refractivity contribution in [1.29, 1.82) is 0 Å². The van der Waals surface area contributed by atoms with Crippen LogP contribution in [0.1, 0.15) is 23.3 Å². The van der Waals surface area contributed by atoms with E-state index in [4.69, 9.17) is 0 Å². The van der Waals surface area contributed by atoms with Crippen molar-refractivity contribution in [3.05, 3.63) is 78.6 Å². The molecule has 6 heteroatoms. The average Bonchev–Trinajstić information content (AvgIpc) is 3.31. The Hall–Kier alpha value is -3.67. The molecule has 150 valence electrons. The number of nitrogens with one attached hydrogen (secondary N) is 2. The zero-order valence-corrected chi connectivity index (χ0v) is 16.6. The van der Waals surface area contributed by atoms with E-state index < -0.39 is 0 Å². The molecule has 2 aromatic carbocycles. The van der Waals surface area contributed by atoms with Gasteiger partial charge < -0.3 is 10.2 Å². The van der Waals surface area contributed by atoms with E-state index in [0.717, 1.165) is 42.7 Å². The van der Waals surface area contributed by atoms with Crippen molar-refractivity contribution in [2.45, 2.75) is 18.9 Å². The van der Waals surface area contributed by atoms with Gasteiger partial charge in [0.15, 0.2) is 0 Å². The third-order valence-electron chi connectivity index (χ3n) is 5.69. The van der Waals surface area contributed by atoms with Crippen molar-refractivity contribution in [3.8, 4) is 11.3 Å². The monoisotopic (exact) mass is 397 g/mol. The van der Waals surface area contributed by atoms with Crippen molar-refractivity contribution < 1.29 is 4.79 Å². The van der Waals surface area contributed by atoms with E-state index >= 15 is 0 Å². The van der Waals surface area contributed by atoms with Crippen LogP contribution in [0.5, 0.6) is 0 Å². The lowest BCUT2D eigenvalue weighted by Crippen LogP contribution is -2.44. The van der Waals surface area contributed by atoms with E-state index in [1.54, 1.807) is 0 Å². The molecule has 1 aliphatic heterocycles. The number of aromatic nitrogens is 3. The van der Waals surface area contributed by atoms with Crippen molar-refractivity contribution in [2.24, 2.45) is 0 Å². The first-order valence-electron chi connectivity index (χ1n) is 10.3. The summed E-state index contributed by atoms with van der Waals surface area (Å²) in [7, 11) is 0. The maximum Gasteiger partial charge on any atom is 0.269 e. The Labute approximate surface area is 174 Å². The van der Waals surface area contributed by atoms with Crippen molar-refractivity contribution in [2.75, 3.05) is 18.0 Å². The van der Waals surface area contributed by atoms with Crippen LogP contribution in [0.15, 0.2) is 72.9 Å². The van der Waals surface area contributed by atoms with Gasteiger partial charge in [0.2, 0.25) is 0 Å². The number of hydrogen-bond acceptors (Lipinski definition) is 4. The fourth-order valence-electron chi connectivity index (χ4n) is 4.08. The average molecular weight is 397 g/mol. The van der Waals surface area contributed by atoms with Gasteiger partial charge >= 0.3 is 0 Å². The van der Waals surface area contributed by atoms with Crippen LogP contribution in [-0.2, 0) is 0 Å². The molecule has 0 atom stereocenters. The molecule has 30 heavy (non-hydrogen) atoms. The molecule has 2 aromatic heterocycles. The van der Waals surface area contributed by atoms with Crippen LogP contribution in [0.2, 0.25) is 0 Å². The molecule has 0 aliphatic carbocycles. The van der Waals surface area contributed by atoms with Gasteiger partial charge in [0.25, 0.3) is 5.91 Å². The Morgan fingerprint density at radius 3 is 2.60 bits per heavy atom. The second-order valence-electron chi connectivity index (χ2n) is 7.61. The minimum absolute atomic E-state index is 0.0995. The summed E-state index contributed by atoms with van der Waals surface area (Å²) in [4.78, 5) is 19.5. The largest absolute Gasteiger partial charge is 0.371 e. The number of H-pyrrole nitrogens is 1. The van der Waals surface area contributed by atoms with Crippen LogP contribution in [0.25, 0.3) is 22.2 Å². The summed E-state index contributed by atoms with van der Waals surface area (Å²) in [5.41, 5.74) is 4.49. The van der Waals surface area contributed by atoms with Gasteiger partial charge in [-0.2, -0.15) is 5.10 Å². The highest BCUT2D eigenvalue weighted by atomic mass is 16.2. The standard InChI is InChI=1S/C24H23N5O/c30-24(22-16-21(27-28-22)17-6-2-1-3-7-17)26-18-11-14-29(15-12-18)23-10-13-25-20-9-5-4-8-19(20)23/h1-10,13,16,18H,11-12,14-15H2,(H,26,30)(H,27,28). The molecule has 1 fully saturated rings.